The zero-order valence-electron chi connectivity index (χ0n) is 17.7. The third-order valence-electron chi connectivity index (χ3n) is 4.89. The molecule has 0 bridgehead atoms. The van der Waals surface area contributed by atoms with Gasteiger partial charge in [-0.15, -0.1) is 0 Å². The summed E-state index contributed by atoms with van der Waals surface area (Å²) < 4.78 is 11.7. The summed E-state index contributed by atoms with van der Waals surface area (Å²) in [7, 11) is 0. The molecule has 3 aromatic rings. The molecule has 5 nitrogen and oxygen atoms in total. The fourth-order valence-electron chi connectivity index (χ4n) is 3.26. The number of ether oxygens (including phenoxy) is 2. The molecule has 6 heteroatoms. The van der Waals surface area contributed by atoms with Gasteiger partial charge in [-0.05, 0) is 54.1 Å². The number of aryl methyl sites for hydroxylation is 1. The molecule has 1 saturated heterocycles. The van der Waals surface area contributed by atoms with Crippen molar-refractivity contribution in [2.24, 2.45) is 0 Å². The highest BCUT2D eigenvalue weighted by atomic mass is 32.2. The molecule has 0 saturated carbocycles. The number of carbonyl (C=O) groups excluding carboxylic acids is 2. The first kappa shape index (κ1) is 21.7. The number of carbonyl (C=O) groups is 2. The number of hydrogen-bond donors (Lipinski definition) is 0. The Kier molecular flexibility index (Phi) is 6.92. The molecule has 162 valence electrons. The predicted octanol–water partition coefficient (Wildman–Crippen LogP) is 5.69. The van der Waals surface area contributed by atoms with E-state index in [4.69, 9.17) is 9.47 Å². The molecule has 1 aliphatic heterocycles. The van der Waals surface area contributed by atoms with Gasteiger partial charge in [0, 0.05) is 5.56 Å². The monoisotopic (exact) mass is 445 g/mol. The van der Waals surface area contributed by atoms with Crippen LogP contribution < -0.4 is 9.47 Å². The van der Waals surface area contributed by atoms with Crippen LogP contribution in [-0.2, 0) is 11.4 Å². The average molecular weight is 446 g/mol. The number of hydrogen-bond acceptors (Lipinski definition) is 5. The molecule has 1 heterocycles. The van der Waals surface area contributed by atoms with Gasteiger partial charge in [-0.1, -0.05) is 60.7 Å². The van der Waals surface area contributed by atoms with Gasteiger partial charge in [0.25, 0.3) is 11.1 Å². The second-order valence-electron chi connectivity index (χ2n) is 7.31. The summed E-state index contributed by atoms with van der Waals surface area (Å²) in [6, 6.07) is 25.0. The number of benzene rings is 3. The summed E-state index contributed by atoms with van der Waals surface area (Å²) in [6.45, 7) is 2.84. The highest BCUT2D eigenvalue weighted by Gasteiger charge is 2.35. The van der Waals surface area contributed by atoms with Gasteiger partial charge < -0.3 is 9.47 Å². The minimum atomic E-state index is -0.314. The first-order valence-corrected chi connectivity index (χ1v) is 11.1. The summed E-state index contributed by atoms with van der Waals surface area (Å²) in [4.78, 5) is 26.8. The van der Waals surface area contributed by atoms with Crippen LogP contribution in [0.1, 0.15) is 16.7 Å². The Morgan fingerprint density at radius 2 is 1.69 bits per heavy atom. The van der Waals surface area contributed by atoms with Gasteiger partial charge in [0.15, 0.2) is 0 Å². The van der Waals surface area contributed by atoms with E-state index >= 15 is 0 Å². The molecule has 4 rings (SSSR count). The van der Waals surface area contributed by atoms with Crippen LogP contribution in [0.25, 0.3) is 6.08 Å². The lowest BCUT2D eigenvalue weighted by Crippen LogP contribution is -2.32. The number of para-hydroxylation sites is 1. The summed E-state index contributed by atoms with van der Waals surface area (Å²) >= 11 is 0.936. The van der Waals surface area contributed by atoms with E-state index in [0.29, 0.717) is 17.3 Å². The lowest BCUT2D eigenvalue weighted by atomic mass is 10.1. The van der Waals surface area contributed by atoms with Gasteiger partial charge in [0.2, 0.25) is 0 Å². The fraction of sp³-hybridized carbons (Fsp3) is 0.154. The first-order valence-electron chi connectivity index (χ1n) is 10.3. The molecule has 1 fully saturated rings. The van der Waals surface area contributed by atoms with Crippen LogP contribution in [0.5, 0.6) is 11.5 Å². The first-order chi connectivity index (χ1) is 15.6. The molecule has 0 atom stereocenters. The zero-order chi connectivity index (χ0) is 22.3. The molecule has 2 amide bonds. The topological polar surface area (TPSA) is 55.8 Å². The lowest BCUT2D eigenvalue weighted by molar-refractivity contribution is -0.123. The highest BCUT2D eigenvalue weighted by Crippen LogP contribution is 2.34. The molecule has 0 N–H and O–H groups in total. The van der Waals surface area contributed by atoms with Crippen LogP contribution in [0.2, 0.25) is 0 Å². The van der Waals surface area contributed by atoms with Crippen molar-refractivity contribution in [2.75, 3.05) is 13.2 Å². The van der Waals surface area contributed by atoms with Crippen LogP contribution in [0.3, 0.4) is 0 Å². The molecule has 0 radical (unpaired) electrons. The van der Waals surface area contributed by atoms with E-state index in [-0.39, 0.29) is 24.3 Å². The molecule has 3 aromatic carbocycles. The molecule has 0 spiro atoms. The Labute approximate surface area is 191 Å². The molecule has 0 unspecified atom stereocenters. The second kappa shape index (κ2) is 10.2. The van der Waals surface area contributed by atoms with Crippen molar-refractivity contribution in [3.8, 4) is 11.5 Å². The van der Waals surface area contributed by atoms with E-state index in [2.05, 4.69) is 0 Å². The summed E-state index contributed by atoms with van der Waals surface area (Å²) in [5.74, 6) is 1.06. The van der Waals surface area contributed by atoms with Crippen LogP contribution >= 0.6 is 11.8 Å². The Hall–Kier alpha value is -3.51. The van der Waals surface area contributed by atoms with Gasteiger partial charge in [-0.25, -0.2) is 0 Å². The quantitative estimate of drug-likeness (QED) is 0.417. The van der Waals surface area contributed by atoms with Crippen LogP contribution in [0.15, 0.2) is 83.8 Å². The summed E-state index contributed by atoms with van der Waals surface area (Å²) in [6.07, 6.45) is 1.71. The number of imide groups is 1. The largest absolute Gasteiger partial charge is 0.492 e. The van der Waals surface area contributed by atoms with Crippen LogP contribution in [0.4, 0.5) is 4.79 Å². The molecular weight excluding hydrogens is 422 g/mol. The standard InChI is InChI=1S/C26H23NO4S/c1-19-8-7-12-22(16-19)30-15-14-27-25(28)24(32-26(27)29)17-21-11-5-6-13-23(21)31-18-20-9-3-2-4-10-20/h2-13,16-17H,14-15,18H2,1H3/b24-17-. The third kappa shape index (κ3) is 5.39. The van der Waals surface area contributed by atoms with Crippen molar-refractivity contribution < 1.29 is 19.1 Å². The second-order valence-corrected chi connectivity index (χ2v) is 8.30. The maximum atomic E-state index is 12.8. The van der Waals surface area contributed by atoms with E-state index in [1.807, 2.05) is 85.8 Å². The number of thioether (sulfide) groups is 1. The Balaban J connectivity index is 1.41. The third-order valence-corrected chi connectivity index (χ3v) is 5.80. The maximum Gasteiger partial charge on any atom is 0.293 e. The SMILES string of the molecule is Cc1cccc(OCCN2C(=O)S/C(=C\c3ccccc3OCc3ccccc3)C2=O)c1. The van der Waals surface area contributed by atoms with Crippen molar-refractivity contribution in [2.45, 2.75) is 13.5 Å². The normalized spacial score (nSPS) is 14.8. The fourth-order valence-corrected chi connectivity index (χ4v) is 4.12. The zero-order valence-corrected chi connectivity index (χ0v) is 18.5. The van der Waals surface area contributed by atoms with Gasteiger partial charge >= 0.3 is 0 Å². The van der Waals surface area contributed by atoms with E-state index < -0.39 is 0 Å². The number of nitrogens with zero attached hydrogens (tertiary/aromatic N) is 1. The summed E-state index contributed by atoms with van der Waals surface area (Å²) in [5, 5.41) is -0.295. The van der Waals surface area contributed by atoms with Crippen molar-refractivity contribution in [1.29, 1.82) is 0 Å². The Bertz CT molecular complexity index is 1140. The van der Waals surface area contributed by atoms with Crippen molar-refractivity contribution >= 4 is 29.0 Å². The van der Waals surface area contributed by atoms with Gasteiger partial charge in [0.1, 0.15) is 24.7 Å². The Morgan fingerprint density at radius 3 is 2.50 bits per heavy atom. The minimum absolute atomic E-state index is 0.197. The predicted molar refractivity (Wildman–Crippen MR) is 127 cm³/mol. The smallest absolute Gasteiger partial charge is 0.293 e. The summed E-state index contributed by atoms with van der Waals surface area (Å²) in [5.41, 5.74) is 2.89. The van der Waals surface area contributed by atoms with E-state index in [0.717, 1.165) is 34.2 Å². The van der Waals surface area contributed by atoms with E-state index in [9.17, 15) is 9.59 Å². The highest BCUT2D eigenvalue weighted by molar-refractivity contribution is 8.18. The molecular formula is C26H23NO4S. The van der Waals surface area contributed by atoms with Crippen LogP contribution in [-0.4, -0.2) is 29.2 Å². The average Bonchev–Trinajstić information content (AvgIpc) is 3.06. The number of amides is 2. The molecule has 0 aromatic heterocycles. The molecule has 0 aliphatic carbocycles. The van der Waals surface area contributed by atoms with Gasteiger partial charge in [-0.3, -0.25) is 14.5 Å². The lowest BCUT2D eigenvalue weighted by Gasteiger charge is -2.13. The minimum Gasteiger partial charge on any atom is -0.492 e. The van der Waals surface area contributed by atoms with Gasteiger partial charge in [-0.2, -0.15) is 0 Å². The Morgan fingerprint density at radius 1 is 0.906 bits per heavy atom. The van der Waals surface area contributed by atoms with Gasteiger partial charge in [0.05, 0.1) is 11.4 Å². The van der Waals surface area contributed by atoms with E-state index in [1.54, 1.807) is 6.08 Å². The molecule has 32 heavy (non-hydrogen) atoms. The number of rotatable bonds is 8. The van der Waals surface area contributed by atoms with Crippen LogP contribution in [0, 0.1) is 6.92 Å². The van der Waals surface area contributed by atoms with E-state index in [1.165, 1.54) is 4.90 Å². The van der Waals surface area contributed by atoms with Crippen molar-refractivity contribution in [3.63, 3.8) is 0 Å². The maximum absolute atomic E-state index is 12.8. The van der Waals surface area contributed by atoms with Crippen molar-refractivity contribution in [3.05, 3.63) is 100 Å². The molecule has 1 aliphatic rings. The van der Waals surface area contributed by atoms with Crippen molar-refractivity contribution in [1.82, 2.24) is 4.90 Å².